The van der Waals surface area contributed by atoms with E-state index in [1.165, 1.54) is 0 Å². The van der Waals surface area contributed by atoms with E-state index in [2.05, 4.69) is 52.6 Å². The lowest BCUT2D eigenvalue weighted by atomic mass is 10.1. The second-order valence-corrected chi connectivity index (χ2v) is 11.7. The van der Waals surface area contributed by atoms with Crippen LogP contribution in [0.2, 0.25) is 18.1 Å². The van der Waals surface area contributed by atoms with Crippen LogP contribution in [0.25, 0.3) is 0 Å². The maximum atomic E-state index is 13.2. The van der Waals surface area contributed by atoms with Crippen molar-refractivity contribution < 1.29 is 8.82 Å². The van der Waals surface area contributed by atoms with Gasteiger partial charge in [0.25, 0.3) is 0 Å². The molecule has 1 atom stereocenters. The van der Waals surface area contributed by atoms with Gasteiger partial charge in [0.2, 0.25) is 0 Å². The van der Waals surface area contributed by atoms with Crippen LogP contribution in [0.3, 0.4) is 0 Å². The van der Waals surface area contributed by atoms with Crippen molar-refractivity contribution in [2.75, 3.05) is 6.67 Å². The van der Waals surface area contributed by atoms with Gasteiger partial charge >= 0.3 is 0 Å². The first-order valence-corrected chi connectivity index (χ1v) is 9.78. The van der Waals surface area contributed by atoms with Gasteiger partial charge in [0, 0.05) is 0 Å². The van der Waals surface area contributed by atoms with Crippen molar-refractivity contribution in [3.63, 3.8) is 0 Å². The third kappa shape index (κ3) is 4.98. The molecular formula is C11H21Br2FOSi. The number of alkyl halides is 1. The van der Waals surface area contributed by atoms with Crippen LogP contribution < -0.4 is 0 Å². The highest BCUT2D eigenvalue weighted by molar-refractivity contribution is 9.28. The Morgan fingerprint density at radius 3 is 1.94 bits per heavy atom. The van der Waals surface area contributed by atoms with Gasteiger partial charge in [-0.15, -0.1) is 0 Å². The van der Waals surface area contributed by atoms with Crippen molar-refractivity contribution in [2.45, 2.75) is 51.4 Å². The standard InChI is InChI=1S/C11H21Br2FOSi/c1-5-16(6-2,7-3)15-11(4,9-14)8-10(12)13/h8H,5-7,9H2,1-4H3/t11-/m1/s1. The zero-order valence-corrected chi connectivity index (χ0v) is 14.6. The van der Waals surface area contributed by atoms with Gasteiger partial charge < -0.3 is 4.43 Å². The molecule has 0 saturated heterocycles. The molecule has 0 saturated carbocycles. The van der Waals surface area contributed by atoms with Gasteiger partial charge in [0.05, 0.1) is 3.39 Å². The first kappa shape index (κ1) is 16.8. The summed E-state index contributed by atoms with van der Waals surface area (Å²) in [7, 11) is -1.77. The molecule has 0 aliphatic carbocycles. The largest absolute Gasteiger partial charge is 0.405 e. The third-order valence-corrected chi connectivity index (χ3v) is 8.29. The Hall–Kier alpha value is 0.807. The molecule has 5 heteroatoms. The smallest absolute Gasteiger partial charge is 0.193 e. The normalized spacial score (nSPS) is 15.7. The number of halogens is 3. The highest BCUT2D eigenvalue weighted by Crippen LogP contribution is 2.31. The Morgan fingerprint density at radius 2 is 1.69 bits per heavy atom. The lowest BCUT2D eigenvalue weighted by molar-refractivity contribution is 0.0945. The van der Waals surface area contributed by atoms with Gasteiger partial charge in [0.15, 0.2) is 8.32 Å². The Labute approximate surface area is 116 Å². The summed E-state index contributed by atoms with van der Waals surface area (Å²) in [5.74, 6) is 0. The predicted octanol–water partition coefficient (Wildman–Crippen LogP) is 5.37. The van der Waals surface area contributed by atoms with E-state index in [1.807, 2.05) is 0 Å². The second kappa shape index (κ2) is 7.29. The molecule has 0 aromatic carbocycles. The van der Waals surface area contributed by atoms with Gasteiger partial charge in [-0.1, -0.05) is 20.8 Å². The molecule has 0 rings (SSSR count). The van der Waals surface area contributed by atoms with Crippen molar-refractivity contribution in [3.8, 4) is 0 Å². The van der Waals surface area contributed by atoms with Crippen molar-refractivity contribution in [3.05, 3.63) is 9.47 Å². The molecular weight excluding hydrogens is 355 g/mol. The fraction of sp³-hybridized carbons (Fsp3) is 0.818. The van der Waals surface area contributed by atoms with E-state index in [-0.39, 0.29) is 0 Å². The summed E-state index contributed by atoms with van der Waals surface area (Å²) in [6.45, 7) is 7.74. The predicted molar refractivity (Wildman–Crippen MR) is 78.6 cm³/mol. The maximum absolute atomic E-state index is 13.2. The minimum absolute atomic E-state index is 0.498. The molecule has 0 heterocycles. The highest BCUT2D eigenvalue weighted by atomic mass is 79.9. The Morgan fingerprint density at radius 1 is 1.25 bits per heavy atom. The van der Waals surface area contributed by atoms with Crippen LogP contribution in [0.4, 0.5) is 4.39 Å². The van der Waals surface area contributed by atoms with Crippen LogP contribution in [0.1, 0.15) is 27.7 Å². The van der Waals surface area contributed by atoms with E-state index in [4.69, 9.17) is 4.43 Å². The molecule has 96 valence electrons. The molecule has 0 fully saturated rings. The van der Waals surface area contributed by atoms with E-state index in [9.17, 15) is 4.39 Å². The van der Waals surface area contributed by atoms with E-state index in [0.717, 1.165) is 21.5 Å². The molecule has 0 spiro atoms. The summed E-state index contributed by atoms with van der Waals surface area (Å²) >= 11 is 6.54. The van der Waals surface area contributed by atoms with Crippen LogP contribution in [0.5, 0.6) is 0 Å². The van der Waals surface area contributed by atoms with Crippen molar-refractivity contribution in [1.82, 2.24) is 0 Å². The Bertz CT molecular complexity index is 232. The number of hydrogen-bond acceptors (Lipinski definition) is 1. The summed E-state index contributed by atoms with van der Waals surface area (Å²) < 4.78 is 20.1. The van der Waals surface area contributed by atoms with Gasteiger partial charge in [-0.3, -0.25) is 0 Å². The Balaban J connectivity index is 4.93. The van der Waals surface area contributed by atoms with Gasteiger partial charge in [-0.05, 0) is 63.0 Å². The van der Waals surface area contributed by atoms with Gasteiger partial charge in [-0.25, -0.2) is 4.39 Å². The van der Waals surface area contributed by atoms with Crippen LogP contribution in [-0.4, -0.2) is 20.6 Å². The van der Waals surface area contributed by atoms with E-state index in [1.54, 1.807) is 13.0 Å². The first-order valence-electron chi connectivity index (χ1n) is 5.67. The fourth-order valence-corrected chi connectivity index (χ4v) is 5.79. The number of rotatable bonds is 7. The molecule has 0 aromatic rings. The second-order valence-electron chi connectivity index (χ2n) is 4.23. The molecule has 0 aromatic heterocycles. The molecule has 0 N–H and O–H groups in total. The van der Waals surface area contributed by atoms with Crippen molar-refractivity contribution in [2.24, 2.45) is 0 Å². The fourth-order valence-electron chi connectivity index (χ4n) is 1.79. The van der Waals surface area contributed by atoms with E-state index < -0.39 is 20.6 Å². The summed E-state index contributed by atoms with van der Waals surface area (Å²) in [5, 5.41) is 0. The molecule has 0 radical (unpaired) electrons. The van der Waals surface area contributed by atoms with Crippen LogP contribution in [-0.2, 0) is 4.43 Å². The zero-order valence-electron chi connectivity index (χ0n) is 10.4. The van der Waals surface area contributed by atoms with Crippen LogP contribution in [0.15, 0.2) is 9.47 Å². The molecule has 16 heavy (non-hydrogen) atoms. The molecule has 0 aliphatic heterocycles. The maximum Gasteiger partial charge on any atom is 0.193 e. The average Bonchev–Trinajstić information content (AvgIpc) is 2.25. The van der Waals surface area contributed by atoms with Gasteiger partial charge in [-0.2, -0.15) is 0 Å². The molecule has 1 nitrogen and oxygen atoms in total. The summed E-state index contributed by atoms with van der Waals surface area (Å²) in [4.78, 5) is 0. The minimum atomic E-state index is -1.77. The quantitative estimate of drug-likeness (QED) is 0.543. The molecule has 0 bridgehead atoms. The third-order valence-electron chi connectivity index (χ3n) is 3.06. The average molecular weight is 376 g/mol. The van der Waals surface area contributed by atoms with Crippen LogP contribution in [0, 0.1) is 0 Å². The molecule has 0 unspecified atom stereocenters. The Kier molecular flexibility index (Phi) is 7.66. The lowest BCUT2D eigenvalue weighted by Crippen LogP contribution is -2.46. The SMILES string of the molecule is CC[Si](CC)(CC)O[C@](C)(C=C(Br)Br)CF. The topological polar surface area (TPSA) is 9.23 Å². The van der Waals surface area contributed by atoms with E-state index in [0.29, 0.717) is 0 Å². The minimum Gasteiger partial charge on any atom is -0.405 e. The number of hydrogen-bond donors (Lipinski definition) is 0. The van der Waals surface area contributed by atoms with Crippen molar-refractivity contribution >= 4 is 40.2 Å². The first-order chi connectivity index (χ1) is 7.37. The highest BCUT2D eigenvalue weighted by Gasteiger charge is 2.37. The summed E-state index contributed by atoms with van der Waals surface area (Å²) in [5.41, 5.74) is -0.809. The van der Waals surface area contributed by atoms with Crippen LogP contribution >= 0.6 is 31.9 Å². The van der Waals surface area contributed by atoms with E-state index >= 15 is 0 Å². The zero-order chi connectivity index (χ0) is 12.8. The van der Waals surface area contributed by atoms with Gasteiger partial charge in [0.1, 0.15) is 12.3 Å². The lowest BCUT2D eigenvalue weighted by Gasteiger charge is -2.37. The molecule has 0 amide bonds. The van der Waals surface area contributed by atoms with Crippen molar-refractivity contribution in [1.29, 1.82) is 0 Å². The molecule has 0 aliphatic rings. The monoisotopic (exact) mass is 374 g/mol. The summed E-state index contributed by atoms with van der Waals surface area (Å²) in [6.07, 6.45) is 1.76. The summed E-state index contributed by atoms with van der Waals surface area (Å²) in [6, 6.07) is 3.09.